The number of nitrogens with one attached hydrogen (secondary N) is 1. The summed E-state index contributed by atoms with van der Waals surface area (Å²) in [6.45, 7) is 0. The highest BCUT2D eigenvalue weighted by Gasteiger charge is 2.31. The molecular weight excluding hydrogens is 270 g/mol. The van der Waals surface area contributed by atoms with Crippen molar-refractivity contribution in [3.05, 3.63) is 23.0 Å². The fourth-order valence-corrected chi connectivity index (χ4v) is 3.01. The second-order valence-electron chi connectivity index (χ2n) is 4.05. The van der Waals surface area contributed by atoms with Gasteiger partial charge in [0.25, 0.3) is 0 Å². The van der Waals surface area contributed by atoms with Crippen LogP contribution in [0.4, 0.5) is 4.39 Å². The maximum absolute atomic E-state index is 13.9. The molecule has 1 heterocycles. The number of carboxylic acids is 1. The Bertz CT molecular complexity index is 564. The quantitative estimate of drug-likeness (QED) is 0.638. The lowest BCUT2D eigenvalue weighted by molar-refractivity contribution is -0.138. The van der Waals surface area contributed by atoms with Crippen LogP contribution in [0.5, 0.6) is 5.75 Å². The summed E-state index contributed by atoms with van der Waals surface area (Å²) in [6.07, 6.45) is -0.0117. The molecule has 0 saturated carbocycles. The topological polar surface area (TPSA) is 106 Å². The van der Waals surface area contributed by atoms with E-state index in [1.165, 1.54) is 13.2 Å². The van der Waals surface area contributed by atoms with Crippen LogP contribution < -0.4 is 14.9 Å². The van der Waals surface area contributed by atoms with Crippen LogP contribution in [0.3, 0.4) is 0 Å². The van der Waals surface area contributed by atoms with E-state index in [0.717, 1.165) is 0 Å². The lowest BCUT2D eigenvalue weighted by Gasteiger charge is -2.13. The third kappa shape index (κ3) is 2.42. The van der Waals surface area contributed by atoms with Crippen molar-refractivity contribution < 1.29 is 22.8 Å². The molecule has 1 unspecified atom stereocenters. The van der Waals surface area contributed by atoms with Crippen LogP contribution in [0.2, 0.25) is 0 Å². The Kier molecular flexibility index (Phi) is 3.76. The van der Waals surface area contributed by atoms with Crippen molar-refractivity contribution in [1.29, 1.82) is 5.41 Å². The minimum atomic E-state index is -1.16. The van der Waals surface area contributed by atoms with E-state index in [1.54, 1.807) is 0 Å². The predicted octanol–water partition coefficient (Wildman–Crippen LogP) is -0.611. The minimum absolute atomic E-state index is 0.0117. The van der Waals surface area contributed by atoms with Crippen molar-refractivity contribution in [3.8, 4) is 5.75 Å². The Morgan fingerprint density at radius 3 is 3.00 bits per heavy atom. The summed E-state index contributed by atoms with van der Waals surface area (Å²) in [6, 6.07) is 0.0844. The van der Waals surface area contributed by atoms with Gasteiger partial charge < -0.3 is 19.4 Å². The molecule has 0 aromatic heterocycles. The van der Waals surface area contributed by atoms with Crippen LogP contribution in [0, 0.1) is 11.2 Å². The molecule has 0 amide bonds. The second-order valence-corrected chi connectivity index (χ2v) is 5.10. The van der Waals surface area contributed by atoms with Crippen molar-refractivity contribution in [2.45, 2.75) is 12.5 Å². The standard InChI is InChI=1S/C11H12FN2O4.Al/c1-18-9-6(10(14)15)2-5(3-7(9)12)4-8(13)11(16)17;/h3,8H,4,13H2,1H3,(H2,14,15)(H,16,17);/q;+1/p-1. The van der Waals surface area contributed by atoms with Gasteiger partial charge in [-0.15, -0.1) is 0 Å². The first-order valence-electron chi connectivity index (χ1n) is 5.42. The van der Waals surface area contributed by atoms with E-state index < -0.39 is 33.4 Å². The van der Waals surface area contributed by atoms with Crippen LogP contribution in [-0.2, 0) is 15.0 Å². The molecule has 0 aliphatic carbocycles. The Labute approximate surface area is 114 Å². The molecule has 0 fully saturated rings. The molecule has 6 nitrogen and oxygen atoms in total. The number of halogens is 1. The van der Waals surface area contributed by atoms with E-state index in [4.69, 9.17) is 24.8 Å². The van der Waals surface area contributed by atoms with Crippen LogP contribution >= 0.6 is 0 Å². The van der Waals surface area contributed by atoms with Crippen molar-refractivity contribution in [2.75, 3.05) is 7.11 Å². The highest BCUT2D eigenvalue weighted by Crippen LogP contribution is 2.26. The van der Waals surface area contributed by atoms with Gasteiger partial charge in [-0.1, -0.05) is 9.99 Å². The van der Waals surface area contributed by atoms with E-state index in [0.29, 0.717) is 9.99 Å². The molecule has 99 valence electrons. The molecule has 1 atom stereocenters. The average molecular weight is 281 g/mol. The molecule has 2 rings (SSSR count). The molecule has 1 aromatic carbocycles. The molecule has 0 spiro atoms. The zero-order valence-electron chi connectivity index (χ0n) is 10.1. The van der Waals surface area contributed by atoms with Gasteiger partial charge in [-0.25, -0.2) is 4.39 Å². The van der Waals surface area contributed by atoms with Crippen molar-refractivity contribution in [3.63, 3.8) is 0 Å². The number of hydrogen-bond donors (Lipinski definition) is 3. The summed E-state index contributed by atoms with van der Waals surface area (Å²) in [5, 5.41) is 16.4. The number of carboxylic acid groups (broad SMARTS) is 1. The molecule has 0 bridgehead atoms. The molecule has 1 radical (unpaired) electrons. The second kappa shape index (κ2) is 5.17. The highest BCUT2D eigenvalue weighted by molar-refractivity contribution is 6.56. The Balaban J connectivity index is 2.50. The van der Waals surface area contributed by atoms with Crippen LogP contribution in [-0.4, -0.2) is 45.7 Å². The first kappa shape index (κ1) is 13.8. The average Bonchev–Trinajstić information content (AvgIpc) is 2.72. The summed E-state index contributed by atoms with van der Waals surface area (Å²) in [5.41, 5.74) is 6.19. The first-order chi connectivity index (χ1) is 8.95. The SMILES string of the molecule is COc1c(F)cc(CC(N)C(=O)O)[c]2c1C(=N)[O][Al]2. The molecule has 1 aliphatic rings. The van der Waals surface area contributed by atoms with Gasteiger partial charge >= 0.3 is 21.5 Å². The maximum Gasteiger partial charge on any atom is 0.572 e. The zero-order valence-corrected chi connectivity index (χ0v) is 11.2. The van der Waals surface area contributed by atoms with Crippen LogP contribution in [0.1, 0.15) is 11.1 Å². The molecule has 0 saturated heterocycles. The molecule has 8 heteroatoms. The molecular formula is C11H11AlFN2O4. The Morgan fingerprint density at radius 1 is 1.74 bits per heavy atom. The van der Waals surface area contributed by atoms with Crippen molar-refractivity contribution in [2.24, 2.45) is 5.73 Å². The van der Waals surface area contributed by atoms with Crippen molar-refractivity contribution >= 4 is 31.8 Å². The summed E-state index contributed by atoms with van der Waals surface area (Å²) >= 11 is -0.695. The van der Waals surface area contributed by atoms with Gasteiger partial charge in [-0.05, 0) is 12.5 Å². The maximum atomic E-state index is 13.9. The van der Waals surface area contributed by atoms with Gasteiger partial charge in [0.05, 0.1) is 12.7 Å². The molecule has 1 aliphatic heterocycles. The van der Waals surface area contributed by atoms with Gasteiger partial charge in [0.1, 0.15) is 6.04 Å². The van der Waals surface area contributed by atoms with Gasteiger partial charge in [0, 0.05) is 0 Å². The van der Waals surface area contributed by atoms with Crippen molar-refractivity contribution in [1.82, 2.24) is 0 Å². The van der Waals surface area contributed by atoms with E-state index >= 15 is 0 Å². The number of carbonyl (C=O) groups is 1. The fraction of sp³-hybridized carbons (Fsp3) is 0.273. The number of ether oxygens (including phenoxy) is 1. The smallest absolute Gasteiger partial charge is 0.572 e. The van der Waals surface area contributed by atoms with Gasteiger partial charge in [-0.3, -0.25) is 10.2 Å². The summed E-state index contributed by atoms with van der Waals surface area (Å²) in [4.78, 5) is 10.8. The summed E-state index contributed by atoms with van der Waals surface area (Å²) < 4.78 is 24.6. The largest absolute Gasteiger partial charge is 0.631 e. The molecule has 19 heavy (non-hydrogen) atoms. The fourth-order valence-electron chi connectivity index (χ4n) is 1.93. The number of benzene rings is 1. The molecule has 1 aromatic rings. The van der Waals surface area contributed by atoms with E-state index in [2.05, 4.69) is 0 Å². The van der Waals surface area contributed by atoms with Gasteiger partial charge in [0.15, 0.2) is 17.5 Å². The Morgan fingerprint density at radius 2 is 2.42 bits per heavy atom. The predicted molar refractivity (Wildman–Crippen MR) is 65.6 cm³/mol. The van der Waals surface area contributed by atoms with E-state index in [-0.39, 0.29) is 23.6 Å². The van der Waals surface area contributed by atoms with Gasteiger partial charge in [-0.2, -0.15) is 0 Å². The number of methoxy groups -OCH3 is 1. The van der Waals surface area contributed by atoms with Crippen LogP contribution in [0.25, 0.3) is 0 Å². The van der Waals surface area contributed by atoms with E-state index in [9.17, 15) is 9.18 Å². The van der Waals surface area contributed by atoms with E-state index in [1.807, 2.05) is 0 Å². The number of rotatable bonds is 4. The Hall–Kier alpha value is -1.62. The zero-order chi connectivity index (χ0) is 14.2. The third-order valence-corrected chi connectivity index (χ3v) is 4.09. The number of hydrogen-bond acceptors (Lipinski definition) is 5. The first-order valence-corrected chi connectivity index (χ1v) is 6.47. The normalized spacial score (nSPS) is 14.4. The number of fused-ring (bicyclic) bond motifs is 1. The lowest BCUT2D eigenvalue weighted by atomic mass is 10.0. The third-order valence-electron chi connectivity index (χ3n) is 2.84. The monoisotopic (exact) mass is 281 g/mol. The number of nitrogens with two attached hydrogens (primary N) is 1. The molecule has 4 N–H and O–H groups in total. The summed E-state index contributed by atoms with van der Waals surface area (Å²) in [5.74, 6) is -2.00. The van der Waals surface area contributed by atoms with Crippen LogP contribution in [0.15, 0.2) is 6.07 Å². The lowest BCUT2D eigenvalue weighted by Crippen LogP contribution is -2.35. The summed E-state index contributed by atoms with van der Waals surface area (Å²) in [7, 11) is 1.31. The number of aliphatic carboxylic acids is 1. The minimum Gasteiger partial charge on any atom is -0.631 e. The van der Waals surface area contributed by atoms with Gasteiger partial charge in [0.2, 0.25) is 0 Å². The highest BCUT2D eigenvalue weighted by atomic mass is 27.1.